The second-order valence-corrected chi connectivity index (χ2v) is 5.33. The molecule has 0 atom stereocenters. The largest absolute Gasteiger partial charge is 0.480 e. The first kappa shape index (κ1) is 13.3. The van der Waals surface area contributed by atoms with E-state index in [1.807, 2.05) is 29.6 Å². The maximum atomic E-state index is 12.3. The van der Waals surface area contributed by atoms with Crippen molar-refractivity contribution in [3.63, 3.8) is 0 Å². The molecule has 2 N–H and O–H groups in total. The van der Waals surface area contributed by atoms with Crippen molar-refractivity contribution in [2.24, 2.45) is 0 Å². The van der Waals surface area contributed by atoms with E-state index < -0.39 is 5.97 Å². The predicted molar refractivity (Wildman–Crippen MR) is 79.6 cm³/mol. The normalized spacial score (nSPS) is 10.7. The SMILES string of the molecule is O=C(O)Cn1cc(NC(=O)c2csc3ccccc23)cn1. The Bertz CT molecular complexity index is 822. The average molecular weight is 301 g/mol. The van der Waals surface area contributed by atoms with Gasteiger partial charge in [0.1, 0.15) is 6.54 Å². The monoisotopic (exact) mass is 301 g/mol. The van der Waals surface area contributed by atoms with Crippen LogP contribution in [0.25, 0.3) is 10.1 Å². The van der Waals surface area contributed by atoms with E-state index in [9.17, 15) is 9.59 Å². The topological polar surface area (TPSA) is 84.2 Å². The Labute approximate surface area is 123 Å². The molecule has 2 heterocycles. The zero-order valence-corrected chi connectivity index (χ0v) is 11.6. The molecule has 0 radical (unpaired) electrons. The highest BCUT2D eigenvalue weighted by atomic mass is 32.1. The van der Waals surface area contributed by atoms with Crippen molar-refractivity contribution in [2.45, 2.75) is 6.54 Å². The van der Waals surface area contributed by atoms with Gasteiger partial charge in [0.05, 0.1) is 17.4 Å². The lowest BCUT2D eigenvalue weighted by atomic mass is 10.1. The number of hydrogen-bond acceptors (Lipinski definition) is 4. The van der Waals surface area contributed by atoms with Gasteiger partial charge in [0.25, 0.3) is 5.91 Å². The third-order valence-electron chi connectivity index (χ3n) is 2.91. The summed E-state index contributed by atoms with van der Waals surface area (Å²) in [4.78, 5) is 22.8. The summed E-state index contributed by atoms with van der Waals surface area (Å²) in [7, 11) is 0. The van der Waals surface area contributed by atoms with Crippen LogP contribution < -0.4 is 5.32 Å². The van der Waals surface area contributed by atoms with Crippen molar-refractivity contribution in [2.75, 3.05) is 5.32 Å². The molecular formula is C14H11N3O3S. The molecule has 0 saturated carbocycles. The number of carboxylic acids is 1. The number of carboxylic acid groups (broad SMARTS) is 1. The molecule has 0 bridgehead atoms. The van der Waals surface area contributed by atoms with Gasteiger partial charge < -0.3 is 10.4 Å². The molecule has 0 aliphatic carbocycles. The maximum Gasteiger partial charge on any atom is 0.325 e. The third kappa shape index (κ3) is 2.77. The first-order chi connectivity index (χ1) is 10.1. The quantitative estimate of drug-likeness (QED) is 0.775. The van der Waals surface area contributed by atoms with Crippen molar-refractivity contribution in [3.05, 3.63) is 47.6 Å². The van der Waals surface area contributed by atoms with Crippen molar-refractivity contribution >= 4 is 39.0 Å². The highest BCUT2D eigenvalue weighted by Gasteiger charge is 2.13. The molecule has 0 saturated heterocycles. The Morgan fingerprint density at radius 3 is 2.95 bits per heavy atom. The molecule has 1 aromatic carbocycles. The van der Waals surface area contributed by atoms with Crippen LogP contribution in [0.15, 0.2) is 42.0 Å². The smallest absolute Gasteiger partial charge is 0.325 e. The highest BCUT2D eigenvalue weighted by Crippen LogP contribution is 2.26. The van der Waals surface area contributed by atoms with E-state index in [0.29, 0.717) is 11.3 Å². The maximum absolute atomic E-state index is 12.3. The van der Waals surface area contributed by atoms with Crippen LogP contribution in [-0.4, -0.2) is 26.8 Å². The summed E-state index contributed by atoms with van der Waals surface area (Å²) < 4.78 is 2.30. The zero-order valence-electron chi connectivity index (χ0n) is 10.8. The summed E-state index contributed by atoms with van der Waals surface area (Å²) in [5, 5.41) is 18.0. The molecule has 0 fully saturated rings. The van der Waals surface area contributed by atoms with E-state index in [-0.39, 0.29) is 12.5 Å². The van der Waals surface area contributed by atoms with Gasteiger partial charge in [-0.1, -0.05) is 18.2 Å². The number of carbonyl (C=O) groups excluding carboxylic acids is 1. The van der Waals surface area contributed by atoms with Gasteiger partial charge in [-0.25, -0.2) is 0 Å². The van der Waals surface area contributed by atoms with Crippen molar-refractivity contribution < 1.29 is 14.7 Å². The fraction of sp³-hybridized carbons (Fsp3) is 0.0714. The van der Waals surface area contributed by atoms with Crippen LogP contribution in [0, 0.1) is 0 Å². The summed E-state index contributed by atoms with van der Waals surface area (Å²) >= 11 is 1.51. The molecule has 2 aromatic heterocycles. The third-order valence-corrected chi connectivity index (χ3v) is 3.88. The number of thiophene rings is 1. The summed E-state index contributed by atoms with van der Waals surface area (Å²) in [6, 6.07) is 7.67. The number of aromatic nitrogens is 2. The van der Waals surface area contributed by atoms with Gasteiger partial charge in [0.15, 0.2) is 0 Å². The fourth-order valence-electron chi connectivity index (χ4n) is 2.01. The molecule has 0 unspecified atom stereocenters. The predicted octanol–water partition coefficient (Wildman–Crippen LogP) is 2.43. The van der Waals surface area contributed by atoms with E-state index >= 15 is 0 Å². The Balaban J connectivity index is 1.80. The van der Waals surface area contributed by atoms with E-state index in [1.54, 1.807) is 0 Å². The Kier molecular flexibility index (Phi) is 3.41. The number of anilines is 1. The van der Waals surface area contributed by atoms with E-state index in [2.05, 4.69) is 10.4 Å². The first-order valence-corrected chi connectivity index (χ1v) is 7.03. The summed E-state index contributed by atoms with van der Waals surface area (Å²) in [5.41, 5.74) is 1.07. The van der Waals surface area contributed by atoms with Gasteiger partial charge in [-0.3, -0.25) is 14.3 Å². The number of fused-ring (bicyclic) bond motifs is 1. The minimum Gasteiger partial charge on any atom is -0.480 e. The molecule has 0 aliphatic rings. The number of nitrogens with zero attached hydrogens (tertiary/aromatic N) is 2. The van der Waals surface area contributed by atoms with Crippen LogP contribution >= 0.6 is 11.3 Å². The van der Waals surface area contributed by atoms with Gasteiger partial charge in [0, 0.05) is 21.7 Å². The molecule has 7 heteroatoms. The number of hydrogen-bond donors (Lipinski definition) is 2. The number of nitrogens with one attached hydrogen (secondary N) is 1. The molecule has 3 rings (SSSR count). The van der Waals surface area contributed by atoms with Crippen molar-refractivity contribution in [1.82, 2.24) is 9.78 Å². The molecule has 0 aliphatic heterocycles. The molecule has 6 nitrogen and oxygen atoms in total. The molecule has 106 valence electrons. The lowest BCUT2D eigenvalue weighted by Crippen LogP contribution is -2.11. The Morgan fingerprint density at radius 2 is 2.14 bits per heavy atom. The van der Waals surface area contributed by atoms with Gasteiger partial charge in [-0.05, 0) is 6.07 Å². The number of carbonyl (C=O) groups is 2. The van der Waals surface area contributed by atoms with Gasteiger partial charge >= 0.3 is 5.97 Å². The molecule has 3 aromatic rings. The minimum absolute atomic E-state index is 0.234. The van der Waals surface area contributed by atoms with Crippen molar-refractivity contribution in [1.29, 1.82) is 0 Å². The highest BCUT2D eigenvalue weighted by molar-refractivity contribution is 7.17. The second-order valence-electron chi connectivity index (χ2n) is 4.42. The van der Waals surface area contributed by atoms with E-state index in [4.69, 9.17) is 5.11 Å². The van der Waals surface area contributed by atoms with E-state index in [0.717, 1.165) is 10.1 Å². The Morgan fingerprint density at radius 1 is 1.33 bits per heavy atom. The Hall–Kier alpha value is -2.67. The second kappa shape index (κ2) is 5.37. The lowest BCUT2D eigenvalue weighted by molar-refractivity contribution is -0.137. The molecule has 0 spiro atoms. The van der Waals surface area contributed by atoms with Gasteiger partial charge in [-0.2, -0.15) is 5.10 Å². The van der Waals surface area contributed by atoms with E-state index in [1.165, 1.54) is 28.4 Å². The fourth-order valence-corrected chi connectivity index (χ4v) is 2.95. The van der Waals surface area contributed by atoms with Crippen LogP contribution in [0.5, 0.6) is 0 Å². The summed E-state index contributed by atoms with van der Waals surface area (Å²) in [6.07, 6.45) is 2.91. The minimum atomic E-state index is -0.986. The van der Waals surface area contributed by atoms with Gasteiger partial charge in [-0.15, -0.1) is 11.3 Å². The molecular weight excluding hydrogens is 290 g/mol. The number of aliphatic carboxylic acids is 1. The summed E-state index contributed by atoms with van der Waals surface area (Å²) in [5.74, 6) is -1.22. The van der Waals surface area contributed by atoms with Crippen molar-refractivity contribution in [3.8, 4) is 0 Å². The van der Waals surface area contributed by atoms with Crippen LogP contribution in [-0.2, 0) is 11.3 Å². The van der Waals surface area contributed by atoms with Crippen LogP contribution in [0.4, 0.5) is 5.69 Å². The standard InChI is InChI=1S/C14H11N3O3S/c18-13(19)7-17-6-9(5-15-17)16-14(20)11-8-21-12-4-2-1-3-10(11)12/h1-6,8H,7H2,(H,16,20)(H,18,19). The average Bonchev–Trinajstić information content (AvgIpc) is 3.04. The van der Waals surface area contributed by atoms with Crippen LogP contribution in [0.2, 0.25) is 0 Å². The van der Waals surface area contributed by atoms with Crippen LogP contribution in [0.1, 0.15) is 10.4 Å². The summed E-state index contributed by atoms with van der Waals surface area (Å²) in [6.45, 7) is -0.239. The van der Waals surface area contributed by atoms with Crippen LogP contribution in [0.3, 0.4) is 0 Å². The zero-order chi connectivity index (χ0) is 14.8. The molecule has 21 heavy (non-hydrogen) atoms. The van der Waals surface area contributed by atoms with Gasteiger partial charge in [0.2, 0.25) is 0 Å². The first-order valence-electron chi connectivity index (χ1n) is 6.15. The number of benzene rings is 1. The lowest BCUT2D eigenvalue weighted by Gasteiger charge is -2.01. The number of amides is 1. The number of rotatable bonds is 4. The molecule has 1 amide bonds.